The van der Waals surface area contributed by atoms with Crippen LogP contribution in [0.3, 0.4) is 0 Å². The number of fused-ring (bicyclic) bond motifs is 1. The molecule has 3 aliphatic heterocycles. The molecule has 0 aromatic carbocycles. The molecule has 9 heteroatoms. The van der Waals surface area contributed by atoms with E-state index in [1.165, 1.54) is 0 Å². The van der Waals surface area contributed by atoms with Crippen molar-refractivity contribution in [2.45, 2.75) is 77.7 Å². The number of nitrogens with zero attached hydrogens (tertiary/aromatic N) is 2. The second-order valence-corrected chi connectivity index (χ2v) is 11.1. The van der Waals surface area contributed by atoms with Crippen molar-refractivity contribution in [3.63, 3.8) is 0 Å². The van der Waals surface area contributed by atoms with Crippen molar-refractivity contribution in [1.29, 1.82) is 0 Å². The first-order valence-electron chi connectivity index (χ1n) is 11.5. The Morgan fingerprint density at radius 2 is 1.94 bits per heavy atom. The number of aryl methyl sites for hydroxylation is 1. The lowest BCUT2D eigenvalue weighted by Gasteiger charge is -2.35. The van der Waals surface area contributed by atoms with Crippen LogP contribution in [0.2, 0.25) is 0 Å². The summed E-state index contributed by atoms with van der Waals surface area (Å²) in [5, 5.41) is 9.62. The Labute approximate surface area is 194 Å². The van der Waals surface area contributed by atoms with Crippen LogP contribution in [-0.2, 0) is 19.1 Å². The summed E-state index contributed by atoms with van der Waals surface area (Å²) in [7, 11) is 0. The molecule has 33 heavy (non-hydrogen) atoms. The predicted molar refractivity (Wildman–Crippen MR) is 121 cm³/mol. The minimum absolute atomic E-state index is 0.228. The Morgan fingerprint density at radius 3 is 2.52 bits per heavy atom. The van der Waals surface area contributed by atoms with Crippen LogP contribution in [0.4, 0.5) is 5.82 Å². The van der Waals surface area contributed by atoms with Crippen molar-refractivity contribution in [2.24, 2.45) is 17.8 Å². The molecular weight excluding hydrogens is 424 g/mol. The van der Waals surface area contributed by atoms with Crippen LogP contribution in [0.1, 0.15) is 53.7 Å². The van der Waals surface area contributed by atoms with Gasteiger partial charge in [0.25, 0.3) is 0 Å². The Bertz CT molecular complexity index is 1010. The lowest BCUT2D eigenvalue weighted by molar-refractivity contribution is -0.144. The zero-order chi connectivity index (χ0) is 24.3. The summed E-state index contributed by atoms with van der Waals surface area (Å²) in [6.45, 7) is 13.8. The molecule has 4 heterocycles. The number of aromatic nitrogens is 1. The van der Waals surface area contributed by atoms with Crippen molar-refractivity contribution in [2.75, 3.05) is 11.9 Å². The second kappa shape index (κ2) is 7.68. The van der Waals surface area contributed by atoms with E-state index in [2.05, 4.69) is 29.6 Å². The summed E-state index contributed by atoms with van der Waals surface area (Å²) in [6, 6.07) is 0.767. The Kier molecular flexibility index (Phi) is 5.47. The highest BCUT2D eigenvalue weighted by molar-refractivity contribution is 6.03. The molecular formula is C24H34N4O5. The molecule has 2 fully saturated rings. The topological polar surface area (TPSA) is 114 Å². The van der Waals surface area contributed by atoms with Gasteiger partial charge in [-0.1, -0.05) is 31.2 Å². The van der Waals surface area contributed by atoms with E-state index in [9.17, 15) is 14.4 Å². The molecule has 0 radical (unpaired) electrons. The second-order valence-electron chi connectivity index (χ2n) is 11.1. The lowest BCUT2D eigenvalue weighted by atomic mass is 9.70. The summed E-state index contributed by atoms with van der Waals surface area (Å²) < 4.78 is 11.5. The van der Waals surface area contributed by atoms with E-state index in [0.29, 0.717) is 18.2 Å². The zero-order valence-electron chi connectivity index (χ0n) is 20.4. The van der Waals surface area contributed by atoms with Gasteiger partial charge in [0.1, 0.15) is 17.4 Å². The fraction of sp³-hybridized carbons (Fsp3) is 0.667. The smallest absolute Gasteiger partial charge is 0.246 e. The van der Waals surface area contributed by atoms with Crippen LogP contribution in [0.5, 0.6) is 0 Å². The molecule has 5 atom stereocenters. The van der Waals surface area contributed by atoms with Gasteiger partial charge in [0.2, 0.25) is 17.7 Å². The van der Waals surface area contributed by atoms with Gasteiger partial charge in [-0.2, -0.15) is 0 Å². The molecule has 0 aliphatic carbocycles. The van der Waals surface area contributed by atoms with Crippen LogP contribution in [0.15, 0.2) is 22.7 Å². The first-order valence-corrected chi connectivity index (χ1v) is 11.5. The molecule has 1 aromatic rings. The van der Waals surface area contributed by atoms with Gasteiger partial charge < -0.3 is 24.8 Å². The minimum atomic E-state index is -1.19. The average Bonchev–Trinajstić information content (AvgIpc) is 3.36. The van der Waals surface area contributed by atoms with Crippen LogP contribution >= 0.6 is 0 Å². The van der Waals surface area contributed by atoms with Crippen molar-refractivity contribution < 1.29 is 23.6 Å². The molecule has 4 rings (SSSR count). The molecule has 180 valence electrons. The highest BCUT2D eigenvalue weighted by Crippen LogP contribution is 2.59. The van der Waals surface area contributed by atoms with Gasteiger partial charge in [0, 0.05) is 18.2 Å². The number of hydrogen-bond donors (Lipinski definition) is 2. The quantitative estimate of drug-likeness (QED) is 0.633. The highest BCUT2D eigenvalue weighted by Gasteiger charge is 2.76. The third-order valence-electron chi connectivity index (χ3n) is 6.65. The third-order valence-corrected chi connectivity index (χ3v) is 6.65. The molecule has 3 amide bonds. The van der Waals surface area contributed by atoms with Gasteiger partial charge in [-0.15, -0.1) is 0 Å². The average molecular weight is 459 g/mol. The van der Waals surface area contributed by atoms with Gasteiger partial charge in [0.05, 0.1) is 17.4 Å². The van der Waals surface area contributed by atoms with Crippen molar-refractivity contribution in [3.8, 4) is 0 Å². The molecule has 1 spiro atoms. The Morgan fingerprint density at radius 1 is 1.24 bits per heavy atom. The van der Waals surface area contributed by atoms with Crippen molar-refractivity contribution in [1.82, 2.24) is 15.4 Å². The molecule has 9 nitrogen and oxygen atoms in total. The van der Waals surface area contributed by atoms with Crippen LogP contribution in [-0.4, -0.2) is 57.1 Å². The van der Waals surface area contributed by atoms with E-state index >= 15 is 0 Å². The predicted octanol–water partition coefficient (Wildman–Crippen LogP) is 2.42. The van der Waals surface area contributed by atoms with Crippen LogP contribution in [0.25, 0.3) is 0 Å². The number of amides is 3. The van der Waals surface area contributed by atoms with E-state index in [1.807, 2.05) is 32.9 Å². The number of carbonyl (C=O) groups excluding carboxylic acids is 3. The highest BCUT2D eigenvalue weighted by atomic mass is 16.5. The fourth-order valence-corrected chi connectivity index (χ4v) is 5.33. The molecule has 0 saturated carbocycles. The SMILES string of the molecule is Cc1cc(NC(=O)[C@@H]2[C@@H]3C(=O)N(CCC(C)C)[C@H](C(=O)NC(C)(C)C)[C@@]34C=C[C@]2(C)O4)no1. The number of nitrogens with one attached hydrogen (secondary N) is 2. The van der Waals surface area contributed by atoms with E-state index in [1.54, 1.807) is 24.8 Å². The van der Waals surface area contributed by atoms with E-state index < -0.39 is 34.6 Å². The summed E-state index contributed by atoms with van der Waals surface area (Å²) in [5.41, 5.74) is -2.68. The molecule has 3 aliphatic rings. The van der Waals surface area contributed by atoms with Gasteiger partial charge >= 0.3 is 0 Å². The first-order chi connectivity index (χ1) is 15.3. The third kappa shape index (κ3) is 3.86. The Balaban J connectivity index is 1.71. The van der Waals surface area contributed by atoms with Gasteiger partial charge in [0.15, 0.2) is 5.82 Å². The normalized spacial score (nSPS) is 32.5. The number of anilines is 1. The zero-order valence-corrected chi connectivity index (χ0v) is 20.4. The van der Waals surface area contributed by atoms with Crippen molar-refractivity contribution >= 4 is 23.5 Å². The van der Waals surface area contributed by atoms with E-state index in [-0.39, 0.29) is 23.5 Å². The van der Waals surface area contributed by atoms with Gasteiger partial charge in [-0.3, -0.25) is 14.4 Å². The first kappa shape index (κ1) is 23.5. The largest absolute Gasteiger partial charge is 0.360 e. The number of hydrogen-bond acceptors (Lipinski definition) is 6. The number of rotatable bonds is 6. The molecule has 1 aromatic heterocycles. The fourth-order valence-electron chi connectivity index (χ4n) is 5.33. The molecule has 0 unspecified atom stereocenters. The van der Waals surface area contributed by atoms with Gasteiger partial charge in [-0.25, -0.2) is 0 Å². The molecule has 2 bridgehead atoms. The standard InChI is InChI=1S/C24H34N4O5/c1-13(2)8-11-28-18(20(30)26-22(4,5)6)24-10-9-23(7,33-24)16(17(24)21(28)31)19(29)25-15-12-14(3)32-27-15/h9-10,12-13,16-18H,8,11H2,1-7H3,(H,26,30)(H,25,27,29)/t16-,17+,18+,23-,24+/m0/s1. The van der Waals surface area contributed by atoms with Crippen LogP contribution in [0, 0.1) is 24.7 Å². The minimum Gasteiger partial charge on any atom is -0.360 e. The maximum absolute atomic E-state index is 13.8. The van der Waals surface area contributed by atoms with E-state index in [4.69, 9.17) is 9.26 Å². The number of likely N-dealkylation sites (tertiary alicyclic amines) is 1. The maximum atomic E-state index is 13.8. The number of carbonyl (C=O) groups is 3. The number of ether oxygens (including phenoxy) is 1. The summed E-state index contributed by atoms with van der Waals surface area (Å²) in [5.74, 6) is -1.29. The summed E-state index contributed by atoms with van der Waals surface area (Å²) in [6.07, 6.45) is 4.38. The maximum Gasteiger partial charge on any atom is 0.246 e. The molecule has 2 N–H and O–H groups in total. The van der Waals surface area contributed by atoms with E-state index in [0.717, 1.165) is 6.42 Å². The monoisotopic (exact) mass is 458 g/mol. The Hall–Kier alpha value is -2.68. The van der Waals surface area contributed by atoms with Crippen LogP contribution < -0.4 is 10.6 Å². The molecule has 2 saturated heterocycles. The van der Waals surface area contributed by atoms with Gasteiger partial charge in [-0.05, 0) is 47.0 Å². The summed E-state index contributed by atoms with van der Waals surface area (Å²) in [4.78, 5) is 42.3. The summed E-state index contributed by atoms with van der Waals surface area (Å²) >= 11 is 0. The van der Waals surface area contributed by atoms with Crippen molar-refractivity contribution in [3.05, 3.63) is 24.0 Å². The lowest BCUT2D eigenvalue weighted by Crippen LogP contribution is -2.58.